The van der Waals surface area contributed by atoms with Gasteiger partial charge in [0.2, 0.25) is 0 Å². The molecular weight excluding hydrogens is 362 g/mol. The van der Waals surface area contributed by atoms with Crippen molar-refractivity contribution < 1.29 is 20.1 Å². The van der Waals surface area contributed by atoms with Gasteiger partial charge < -0.3 is 30.4 Å². The monoisotopic (exact) mass is 377 g/mol. The summed E-state index contributed by atoms with van der Waals surface area (Å²) >= 11 is 5.90. The molecule has 1 aliphatic rings. The summed E-state index contributed by atoms with van der Waals surface area (Å²) in [5, 5.41) is 30.7. The van der Waals surface area contributed by atoms with Gasteiger partial charge in [-0.2, -0.15) is 0 Å². The fourth-order valence-electron chi connectivity index (χ4n) is 3.14. The van der Waals surface area contributed by atoms with Crippen LogP contribution < -0.4 is 5.73 Å². The lowest BCUT2D eigenvalue weighted by molar-refractivity contribution is -0.0508. The molecule has 0 aliphatic carbocycles. The molecule has 0 saturated carbocycles. The average Bonchev–Trinajstić information content (AvgIpc) is 3.15. The lowest BCUT2D eigenvalue weighted by Crippen LogP contribution is -2.33. The Hall–Kier alpha value is -2.30. The zero-order chi connectivity index (χ0) is 18.4. The minimum atomic E-state index is -1.25. The van der Waals surface area contributed by atoms with E-state index in [2.05, 4.69) is 15.0 Å². The zero-order valence-electron chi connectivity index (χ0n) is 13.4. The average molecular weight is 378 g/mol. The predicted octanol–water partition coefficient (Wildman–Crippen LogP) is 0.340. The molecule has 0 radical (unpaired) electrons. The molecule has 0 bridgehead atoms. The first-order chi connectivity index (χ1) is 12.5. The van der Waals surface area contributed by atoms with Crippen molar-refractivity contribution in [2.75, 3.05) is 12.3 Å². The molecule has 136 valence electrons. The fraction of sp³-hybridized carbons (Fsp3) is 0.312. The van der Waals surface area contributed by atoms with Crippen LogP contribution in [0.2, 0.25) is 5.02 Å². The van der Waals surface area contributed by atoms with Gasteiger partial charge in [0.25, 0.3) is 0 Å². The summed E-state index contributed by atoms with van der Waals surface area (Å²) in [6.07, 6.45) is 0.167. The Morgan fingerprint density at radius 3 is 2.65 bits per heavy atom. The van der Waals surface area contributed by atoms with Crippen molar-refractivity contribution in [1.82, 2.24) is 19.5 Å². The van der Waals surface area contributed by atoms with Gasteiger partial charge in [-0.05, 0) is 12.1 Å². The summed E-state index contributed by atoms with van der Waals surface area (Å²) in [7, 11) is 0. The molecule has 1 fully saturated rings. The molecule has 0 amide bonds. The molecule has 5 N–H and O–H groups in total. The van der Waals surface area contributed by atoms with Crippen molar-refractivity contribution in [3.63, 3.8) is 0 Å². The van der Waals surface area contributed by atoms with Crippen molar-refractivity contribution in [3.05, 3.63) is 35.9 Å². The maximum absolute atomic E-state index is 10.3. The van der Waals surface area contributed by atoms with Gasteiger partial charge in [-0.25, -0.2) is 9.97 Å². The first kappa shape index (κ1) is 17.1. The van der Waals surface area contributed by atoms with Crippen molar-refractivity contribution in [1.29, 1.82) is 0 Å². The maximum Gasteiger partial charge on any atom is 0.164 e. The lowest BCUT2D eigenvalue weighted by Gasteiger charge is -2.17. The minimum Gasteiger partial charge on any atom is -0.394 e. The molecular formula is C16H16ClN5O4. The van der Waals surface area contributed by atoms with Gasteiger partial charge in [-0.15, -0.1) is 0 Å². The van der Waals surface area contributed by atoms with Crippen LogP contribution in [0.15, 0.2) is 30.9 Å². The first-order valence-corrected chi connectivity index (χ1v) is 8.24. The van der Waals surface area contributed by atoms with Crippen LogP contribution >= 0.6 is 11.6 Å². The molecule has 3 aromatic heterocycles. The zero-order valence-corrected chi connectivity index (χ0v) is 14.2. The molecule has 4 rings (SSSR count). The van der Waals surface area contributed by atoms with E-state index >= 15 is 0 Å². The van der Waals surface area contributed by atoms with Crippen LogP contribution in [0.1, 0.15) is 6.23 Å². The number of aliphatic hydroxyl groups excluding tert-OH is 3. The normalized spacial score (nSPS) is 25.8. The molecule has 1 unspecified atom stereocenters. The van der Waals surface area contributed by atoms with Crippen LogP contribution in [-0.2, 0) is 4.74 Å². The third-order valence-corrected chi connectivity index (χ3v) is 4.66. The molecule has 4 heterocycles. The number of anilines is 1. The third kappa shape index (κ3) is 2.61. The van der Waals surface area contributed by atoms with Gasteiger partial charge in [-0.3, -0.25) is 4.98 Å². The van der Waals surface area contributed by atoms with Gasteiger partial charge in [0.1, 0.15) is 36.1 Å². The second-order valence-electron chi connectivity index (χ2n) is 6.00. The summed E-state index contributed by atoms with van der Waals surface area (Å²) in [6, 6.07) is 3.42. The fourth-order valence-corrected chi connectivity index (χ4v) is 3.25. The Bertz CT molecular complexity index is 948. The molecule has 1 saturated heterocycles. The van der Waals surface area contributed by atoms with Crippen molar-refractivity contribution >= 4 is 28.5 Å². The van der Waals surface area contributed by atoms with Crippen molar-refractivity contribution in [2.24, 2.45) is 0 Å². The summed E-state index contributed by atoms with van der Waals surface area (Å²) in [5.74, 6) is 0.243. The number of fused-ring (bicyclic) bond motifs is 1. The Labute approximate surface area is 152 Å². The lowest BCUT2D eigenvalue weighted by atomic mass is 10.1. The minimum absolute atomic E-state index is 0.243. The highest BCUT2D eigenvalue weighted by atomic mass is 35.5. The van der Waals surface area contributed by atoms with Crippen LogP contribution in [-0.4, -0.2) is 59.8 Å². The van der Waals surface area contributed by atoms with Crippen LogP contribution in [0.3, 0.4) is 0 Å². The number of rotatable bonds is 3. The predicted molar refractivity (Wildman–Crippen MR) is 93.2 cm³/mol. The van der Waals surface area contributed by atoms with E-state index in [1.165, 1.54) is 12.5 Å². The molecule has 0 spiro atoms. The number of ether oxygens (including phenoxy) is 1. The van der Waals surface area contributed by atoms with E-state index in [0.29, 0.717) is 27.3 Å². The largest absolute Gasteiger partial charge is 0.394 e. The van der Waals surface area contributed by atoms with Crippen LogP contribution in [0, 0.1) is 0 Å². The van der Waals surface area contributed by atoms with E-state index in [0.717, 1.165) is 0 Å². The number of nitrogens with two attached hydrogens (primary N) is 1. The molecule has 3 aromatic rings. The van der Waals surface area contributed by atoms with Crippen molar-refractivity contribution in [3.8, 4) is 11.3 Å². The maximum atomic E-state index is 10.3. The molecule has 1 aliphatic heterocycles. The second kappa shape index (κ2) is 6.45. The number of nitrogens with zero attached hydrogens (tertiary/aromatic N) is 4. The summed E-state index contributed by atoms with van der Waals surface area (Å²) in [5.41, 5.74) is 7.68. The number of pyridine rings is 1. The van der Waals surface area contributed by atoms with Gasteiger partial charge in [0.15, 0.2) is 6.23 Å². The second-order valence-corrected chi connectivity index (χ2v) is 6.43. The SMILES string of the molecule is Nc1ncnc2c1c(-c1ccc(Cl)cn1)cn2C1O[C@H](CO)[C@@H](O)[C@H]1O. The molecule has 9 nitrogen and oxygen atoms in total. The van der Waals surface area contributed by atoms with E-state index in [4.69, 9.17) is 22.1 Å². The van der Waals surface area contributed by atoms with E-state index in [1.807, 2.05) is 0 Å². The molecule has 10 heteroatoms. The molecule has 0 aromatic carbocycles. The third-order valence-electron chi connectivity index (χ3n) is 4.43. The number of halogens is 1. The highest BCUT2D eigenvalue weighted by molar-refractivity contribution is 6.30. The van der Waals surface area contributed by atoms with Crippen molar-refractivity contribution in [2.45, 2.75) is 24.5 Å². The quantitative estimate of drug-likeness (QED) is 0.512. The van der Waals surface area contributed by atoms with E-state index in [1.54, 1.807) is 22.9 Å². The van der Waals surface area contributed by atoms with E-state index in [9.17, 15) is 15.3 Å². The van der Waals surface area contributed by atoms with Gasteiger partial charge >= 0.3 is 0 Å². The Kier molecular flexibility index (Phi) is 4.25. The molecule has 26 heavy (non-hydrogen) atoms. The molecule has 4 atom stereocenters. The van der Waals surface area contributed by atoms with Crippen LogP contribution in [0.25, 0.3) is 22.3 Å². The summed E-state index contributed by atoms with van der Waals surface area (Å²) < 4.78 is 7.17. The Morgan fingerprint density at radius 2 is 2.00 bits per heavy atom. The Morgan fingerprint density at radius 1 is 1.19 bits per heavy atom. The summed E-state index contributed by atoms with van der Waals surface area (Å²) in [6.45, 7) is -0.420. The van der Waals surface area contributed by atoms with Crippen LogP contribution in [0.4, 0.5) is 5.82 Å². The van der Waals surface area contributed by atoms with E-state index < -0.39 is 31.1 Å². The number of nitrogen functional groups attached to an aromatic ring is 1. The van der Waals surface area contributed by atoms with Crippen LogP contribution in [0.5, 0.6) is 0 Å². The highest BCUT2D eigenvalue weighted by Crippen LogP contribution is 2.37. The number of aromatic nitrogens is 4. The number of aliphatic hydroxyl groups is 3. The number of hydrogen-bond donors (Lipinski definition) is 4. The summed E-state index contributed by atoms with van der Waals surface area (Å²) in [4.78, 5) is 12.6. The smallest absolute Gasteiger partial charge is 0.164 e. The van der Waals surface area contributed by atoms with E-state index in [-0.39, 0.29) is 5.82 Å². The highest BCUT2D eigenvalue weighted by Gasteiger charge is 2.44. The van der Waals surface area contributed by atoms with Gasteiger partial charge in [0.05, 0.1) is 22.7 Å². The standard InChI is InChI=1S/C16H16ClN5O4/c17-7-1-2-9(19-3-7)8-4-22(15-11(8)14(18)20-6-21-15)16-13(25)12(24)10(5-23)26-16/h1-4,6,10,12-13,16,23-25H,5H2,(H2,18,20,21)/t10-,12-,13-,16?/m1/s1. The Balaban J connectivity index is 1.89. The topological polar surface area (TPSA) is 140 Å². The first-order valence-electron chi connectivity index (χ1n) is 7.86. The van der Waals surface area contributed by atoms with Gasteiger partial charge in [0, 0.05) is 18.0 Å². The van der Waals surface area contributed by atoms with Gasteiger partial charge in [-0.1, -0.05) is 11.6 Å². The number of hydrogen-bond acceptors (Lipinski definition) is 8.